The molecule has 1 saturated heterocycles. The number of amides is 2. The van der Waals surface area contributed by atoms with Crippen molar-refractivity contribution in [1.82, 2.24) is 15.2 Å². The van der Waals surface area contributed by atoms with Gasteiger partial charge in [-0.25, -0.2) is 9.78 Å². The Morgan fingerprint density at radius 3 is 2.67 bits per heavy atom. The number of aromatic nitrogens is 1. The number of rotatable bonds is 4. The summed E-state index contributed by atoms with van der Waals surface area (Å²) in [5.41, 5.74) is 2.41. The molecule has 21 heavy (non-hydrogen) atoms. The number of hydrogen-bond acceptors (Lipinski definition) is 4. The number of nitrogens with zero attached hydrogens (tertiary/aromatic N) is 2. The van der Waals surface area contributed by atoms with Gasteiger partial charge in [0.25, 0.3) is 0 Å². The topological polar surface area (TPSA) is 95.7 Å². The fourth-order valence-corrected chi connectivity index (χ4v) is 2.17. The molecule has 7 nitrogen and oxygen atoms in total. The van der Waals surface area contributed by atoms with E-state index in [1.165, 1.54) is 12.7 Å². The molecule has 1 fully saturated rings. The van der Waals surface area contributed by atoms with Crippen LogP contribution in [0.2, 0.25) is 0 Å². The molecule has 3 rings (SSSR count). The zero-order valence-electron chi connectivity index (χ0n) is 11.0. The maximum absolute atomic E-state index is 11.3. The third-order valence-corrected chi connectivity index (χ3v) is 3.43. The van der Waals surface area contributed by atoms with Crippen LogP contribution in [0, 0.1) is 0 Å². The van der Waals surface area contributed by atoms with Crippen molar-refractivity contribution in [3.8, 4) is 11.3 Å². The van der Waals surface area contributed by atoms with Gasteiger partial charge >= 0.3 is 6.09 Å². The van der Waals surface area contributed by atoms with E-state index in [1.54, 1.807) is 0 Å². The summed E-state index contributed by atoms with van der Waals surface area (Å²) < 4.78 is 4.92. The van der Waals surface area contributed by atoms with Gasteiger partial charge in [-0.2, -0.15) is 0 Å². The van der Waals surface area contributed by atoms with E-state index in [0.717, 1.165) is 21.7 Å². The van der Waals surface area contributed by atoms with Gasteiger partial charge in [0.15, 0.2) is 6.39 Å². The van der Waals surface area contributed by atoms with Crippen LogP contribution >= 0.6 is 0 Å². The number of benzene rings is 1. The monoisotopic (exact) mass is 287 g/mol. The third kappa shape index (κ3) is 2.58. The Balaban J connectivity index is 1.74. The second kappa shape index (κ2) is 5.28. The molecule has 0 spiro atoms. The fraction of sp³-hybridized carbons (Fsp3) is 0.214. The summed E-state index contributed by atoms with van der Waals surface area (Å²) in [5, 5.41) is 11.8. The molecule has 2 amide bonds. The molecule has 2 N–H and O–H groups in total. The van der Waals surface area contributed by atoms with Crippen LogP contribution in [0.3, 0.4) is 0 Å². The van der Waals surface area contributed by atoms with E-state index in [1.807, 2.05) is 24.3 Å². The normalized spacial score (nSPS) is 17.0. The summed E-state index contributed by atoms with van der Waals surface area (Å²) in [7, 11) is 0. The highest BCUT2D eigenvalue weighted by Crippen LogP contribution is 2.19. The van der Waals surface area contributed by atoms with Crippen molar-refractivity contribution < 1.29 is 19.1 Å². The van der Waals surface area contributed by atoms with Gasteiger partial charge in [-0.05, 0) is 5.56 Å². The van der Waals surface area contributed by atoms with Gasteiger partial charge in [0.05, 0.1) is 0 Å². The fourth-order valence-electron chi connectivity index (χ4n) is 2.17. The van der Waals surface area contributed by atoms with Crippen LogP contribution in [0.4, 0.5) is 4.79 Å². The van der Waals surface area contributed by atoms with Crippen LogP contribution in [0.1, 0.15) is 5.56 Å². The first-order valence-electron chi connectivity index (χ1n) is 6.40. The summed E-state index contributed by atoms with van der Waals surface area (Å²) >= 11 is 0. The molecule has 0 unspecified atom stereocenters. The summed E-state index contributed by atoms with van der Waals surface area (Å²) in [6, 6.07) is 6.72. The summed E-state index contributed by atoms with van der Waals surface area (Å²) in [5.74, 6) is -0.253. The van der Waals surface area contributed by atoms with Gasteiger partial charge < -0.3 is 14.8 Å². The molecule has 1 aromatic heterocycles. The largest absolute Gasteiger partial charge is 0.465 e. The van der Waals surface area contributed by atoms with E-state index in [-0.39, 0.29) is 12.5 Å². The van der Waals surface area contributed by atoms with Crippen molar-refractivity contribution in [3.05, 3.63) is 42.5 Å². The maximum atomic E-state index is 11.3. The van der Waals surface area contributed by atoms with Gasteiger partial charge in [-0.1, -0.05) is 24.3 Å². The standard InChI is InChI=1S/C14H13N3O4/c18-13-12(5-15-13)17(14(19)20)6-9-1-3-10(4-2-9)11-7-21-8-16-11/h1-4,7-8,12H,5-6H2,(H,15,18)(H,19,20)/t12-/m0/s1. The van der Waals surface area contributed by atoms with E-state index in [4.69, 9.17) is 4.42 Å². The molecule has 1 aromatic carbocycles. The third-order valence-electron chi connectivity index (χ3n) is 3.43. The Bertz CT molecular complexity index is 651. The number of oxazole rings is 1. The summed E-state index contributed by atoms with van der Waals surface area (Å²) in [6.45, 7) is 0.536. The smallest absolute Gasteiger partial charge is 0.408 e. The first-order valence-corrected chi connectivity index (χ1v) is 6.40. The number of carbonyl (C=O) groups is 2. The Morgan fingerprint density at radius 2 is 2.19 bits per heavy atom. The zero-order chi connectivity index (χ0) is 14.8. The van der Waals surface area contributed by atoms with E-state index in [2.05, 4.69) is 10.3 Å². The highest BCUT2D eigenvalue weighted by molar-refractivity contribution is 5.90. The van der Waals surface area contributed by atoms with Gasteiger partial charge in [-0.15, -0.1) is 0 Å². The summed E-state index contributed by atoms with van der Waals surface area (Å²) in [4.78, 5) is 27.8. The number of carbonyl (C=O) groups excluding carboxylic acids is 1. The van der Waals surface area contributed by atoms with Crippen molar-refractivity contribution in [2.24, 2.45) is 0 Å². The molecule has 108 valence electrons. The molecule has 1 aliphatic heterocycles. The Morgan fingerprint density at radius 1 is 1.43 bits per heavy atom. The van der Waals surface area contributed by atoms with Crippen LogP contribution < -0.4 is 5.32 Å². The number of β-lactam (4-membered cyclic amide) rings is 1. The molecular formula is C14H13N3O4. The Hall–Kier alpha value is -2.83. The number of carboxylic acid groups (broad SMARTS) is 1. The summed E-state index contributed by atoms with van der Waals surface area (Å²) in [6.07, 6.45) is 1.79. The van der Waals surface area contributed by atoms with Crippen molar-refractivity contribution in [3.63, 3.8) is 0 Å². The first-order chi connectivity index (χ1) is 10.1. The lowest BCUT2D eigenvalue weighted by Crippen LogP contribution is -2.62. The molecule has 0 radical (unpaired) electrons. The second-order valence-corrected chi connectivity index (χ2v) is 4.74. The lowest BCUT2D eigenvalue weighted by Gasteiger charge is -2.34. The van der Waals surface area contributed by atoms with Gasteiger partial charge in [-0.3, -0.25) is 9.69 Å². The Kier molecular flexibility index (Phi) is 3.31. The Labute approximate surface area is 120 Å². The molecule has 2 heterocycles. The highest BCUT2D eigenvalue weighted by Gasteiger charge is 2.36. The average molecular weight is 287 g/mol. The lowest BCUT2D eigenvalue weighted by molar-refractivity contribution is -0.132. The SMILES string of the molecule is O=C1NC[C@@H]1N(Cc1ccc(-c2cocn2)cc1)C(=O)O. The van der Waals surface area contributed by atoms with Crippen LogP contribution in [0.25, 0.3) is 11.3 Å². The van der Waals surface area contributed by atoms with Gasteiger partial charge in [0, 0.05) is 18.7 Å². The van der Waals surface area contributed by atoms with Crippen molar-refractivity contribution in [2.75, 3.05) is 6.54 Å². The predicted octanol–water partition coefficient (Wildman–Crippen LogP) is 1.32. The predicted molar refractivity (Wildman–Crippen MR) is 72.3 cm³/mol. The van der Waals surface area contributed by atoms with Crippen molar-refractivity contribution in [1.29, 1.82) is 0 Å². The van der Waals surface area contributed by atoms with Gasteiger partial charge in [0.1, 0.15) is 18.0 Å². The minimum Gasteiger partial charge on any atom is -0.465 e. The molecule has 1 aliphatic rings. The number of nitrogens with one attached hydrogen (secondary N) is 1. The quantitative estimate of drug-likeness (QED) is 0.827. The molecule has 0 bridgehead atoms. The zero-order valence-corrected chi connectivity index (χ0v) is 11.0. The minimum absolute atomic E-state index is 0.173. The lowest BCUT2D eigenvalue weighted by atomic mass is 10.1. The van der Waals surface area contributed by atoms with Crippen LogP contribution in [-0.4, -0.2) is 39.6 Å². The highest BCUT2D eigenvalue weighted by atomic mass is 16.4. The van der Waals surface area contributed by atoms with Crippen LogP contribution in [-0.2, 0) is 11.3 Å². The van der Waals surface area contributed by atoms with Crippen molar-refractivity contribution >= 4 is 12.0 Å². The molecule has 0 aliphatic carbocycles. The van der Waals surface area contributed by atoms with E-state index >= 15 is 0 Å². The minimum atomic E-state index is -1.10. The van der Waals surface area contributed by atoms with Crippen molar-refractivity contribution in [2.45, 2.75) is 12.6 Å². The van der Waals surface area contributed by atoms with E-state index < -0.39 is 12.1 Å². The van der Waals surface area contributed by atoms with Gasteiger partial charge in [0.2, 0.25) is 5.91 Å². The van der Waals surface area contributed by atoms with Crippen LogP contribution in [0.15, 0.2) is 41.3 Å². The molecular weight excluding hydrogens is 274 g/mol. The number of hydrogen-bond donors (Lipinski definition) is 2. The first kappa shape index (κ1) is 13.2. The average Bonchev–Trinajstić information content (AvgIpc) is 3.00. The molecule has 7 heteroatoms. The molecule has 0 saturated carbocycles. The van der Waals surface area contributed by atoms with E-state index in [9.17, 15) is 14.7 Å². The maximum Gasteiger partial charge on any atom is 0.408 e. The molecule has 2 aromatic rings. The molecule has 1 atom stereocenters. The van der Waals surface area contributed by atoms with Crippen LogP contribution in [0.5, 0.6) is 0 Å². The van der Waals surface area contributed by atoms with E-state index in [0.29, 0.717) is 6.54 Å². The second-order valence-electron chi connectivity index (χ2n) is 4.74.